The van der Waals surface area contributed by atoms with Gasteiger partial charge in [0.25, 0.3) is 21.6 Å². The van der Waals surface area contributed by atoms with Crippen LogP contribution in [0.15, 0.2) is 77.8 Å². The Bertz CT molecular complexity index is 3150. The van der Waals surface area contributed by atoms with Crippen molar-refractivity contribution in [1.82, 2.24) is 24.5 Å². The number of nitro benzene ring substituents is 1. The summed E-state index contributed by atoms with van der Waals surface area (Å²) in [5.74, 6) is 0.200. The molecule has 3 N–H and O–H groups in total. The van der Waals surface area contributed by atoms with Crippen LogP contribution in [0.2, 0.25) is 0 Å². The van der Waals surface area contributed by atoms with E-state index < -0.39 is 31.4 Å². The molecule has 0 radical (unpaired) electrons. The number of rotatable bonds is 11. The van der Waals surface area contributed by atoms with Gasteiger partial charge in [-0.3, -0.25) is 24.7 Å². The van der Waals surface area contributed by atoms with Crippen LogP contribution in [-0.2, 0) is 19.5 Å². The van der Waals surface area contributed by atoms with Crippen LogP contribution >= 0.6 is 0 Å². The second-order valence-corrected chi connectivity index (χ2v) is 24.3. The predicted molar refractivity (Wildman–Crippen MR) is 277 cm³/mol. The molecule has 9 heterocycles. The lowest BCUT2D eigenvalue weighted by Gasteiger charge is -2.56. The Hall–Kier alpha value is -5.99. The Labute approximate surface area is 430 Å². The van der Waals surface area contributed by atoms with Gasteiger partial charge in [-0.1, -0.05) is 24.3 Å². The van der Waals surface area contributed by atoms with E-state index in [1.807, 2.05) is 35.4 Å². The van der Waals surface area contributed by atoms with E-state index in [0.29, 0.717) is 85.8 Å². The van der Waals surface area contributed by atoms with Gasteiger partial charge in [-0.25, -0.2) is 13.1 Å². The largest absolute Gasteiger partial charge is 0.489 e. The smallest absolute Gasteiger partial charge is 0.297 e. The van der Waals surface area contributed by atoms with E-state index in [1.165, 1.54) is 51.1 Å². The van der Waals surface area contributed by atoms with E-state index in [-0.39, 0.29) is 47.8 Å². The van der Waals surface area contributed by atoms with E-state index in [2.05, 4.69) is 54.0 Å². The molecule has 7 fully saturated rings. The number of piperidine rings is 1. The number of benzene rings is 3. The molecule has 2 bridgehead atoms. The number of aromatic amines is 1. The van der Waals surface area contributed by atoms with E-state index in [1.54, 1.807) is 17.2 Å². The maximum atomic E-state index is 14.8. The number of pyridine rings is 1. The van der Waals surface area contributed by atoms with Crippen molar-refractivity contribution in [1.29, 1.82) is 0 Å². The molecular weight excluding hydrogens is 963 g/mol. The number of nitro groups is 1. The average molecular weight is 1030 g/mol. The molecule has 19 heteroatoms. The SMILES string of the molecule is O=C(NS(=O)(=O)c1cc2c(c([N+](=O)[O-])c1)N[C@@H](CN1C[C@H]3C[C@@H]1CO3)CO2)c1ccc(N2CCC3(CC2)CC(N2CCC[C@H]2c2ccccc2C2CC2)C3)cc1N1C[C@@H]2COCC[C@H]2Oc2nc3[nH]ccc3cc21. The zero-order chi connectivity index (χ0) is 49.9. The Balaban J connectivity index is 0.747. The molecule has 9 aliphatic rings. The molecule has 5 saturated heterocycles. The quantitative estimate of drug-likeness (QED) is 0.0862. The molecule has 74 heavy (non-hydrogen) atoms. The molecule has 2 aromatic heterocycles. The first-order valence-corrected chi connectivity index (χ1v) is 28.4. The lowest BCUT2D eigenvalue weighted by atomic mass is 9.59. The van der Waals surface area contributed by atoms with Gasteiger partial charge >= 0.3 is 0 Å². The van der Waals surface area contributed by atoms with Crippen LogP contribution in [0.25, 0.3) is 11.0 Å². The minimum absolute atomic E-state index is 0.0317. The number of hydrogen-bond donors (Lipinski definition) is 3. The molecule has 6 atom stereocenters. The molecule has 7 aliphatic heterocycles. The normalized spacial score (nSPS) is 27.6. The minimum atomic E-state index is -4.69. The number of amides is 1. The number of likely N-dealkylation sites (tertiary alicyclic amines) is 2. The topological polar surface area (TPSA) is 197 Å². The Morgan fingerprint density at radius 2 is 1.77 bits per heavy atom. The highest BCUT2D eigenvalue weighted by atomic mass is 32.2. The zero-order valence-electron chi connectivity index (χ0n) is 41.5. The van der Waals surface area contributed by atoms with E-state index in [4.69, 9.17) is 23.9 Å². The van der Waals surface area contributed by atoms with Crippen molar-refractivity contribution in [3.63, 3.8) is 0 Å². The summed E-state index contributed by atoms with van der Waals surface area (Å²) >= 11 is 0. The van der Waals surface area contributed by atoms with Gasteiger partial charge in [0.05, 0.1) is 53.0 Å². The maximum absolute atomic E-state index is 14.8. The van der Waals surface area contributed by atoms with Crippen LogP contribution in [0, 0.1) is 21.4 Å². The molecule has 0 unspecified atom stereocenters. The van der Waals surface area contributed by atoms with Crippen molar-refractivity contribution in [2.45, 2.75) is 111 Å². The lowest BCUT2D eigenvalue weighted by Crippen LogP contribution is -2.55. The molecule has 5 aromatic rings. The van der Waals surface area contributed by atoms with Gasteiger partial charge in [0.2, 0.25) is 5.88 Å². The fourth-order valence-electron chi connectivity index (χ4n) is 14.0. The first kappa shape index (κ1) is 46.5. The van der Waals surface area contributed by atoms with Crippen LogP contribution in [0.1, 0.15) is 97.7 Å². The highest BCUT2D eigenvalue weighted by Gasteiger charge is 2.51. The minimum Gasteiger partial charge on any atom is -0.489 e. The summed E-state index contributed by atoms with van der Waals surface area (Å²) < 4.78 is 55.7. The first-order chi connectivity index (χ1) is 36.0. The van der Waals surface area contributed by atoms with Crippen molar-refractivity contribution in [3.8, 4) is 11.6 Å². The van der Waals surface area contributed by atoms with Gasteiger partial charge in [0, 0.05) is 92.6 Å². The molecule has 388 valence electrons. The molecule has 1 amide bonds. The fraction of sp³-hybridized carbons (Fsp3) is 0.527. The second kappa shape index (κ2) is 18.1. The number of H-pyrrole nitrogens is 1. The van der Waals surface area contributed by atoms with Gasteiger partial charge in [-0.05, 0) is 117 Å². The third-order valence-corrected chi connectivity index (χ3v) is 19.4. The number of fused-ring (bicyclic) bond motifs is 6. The van der Waals surface area contributed by atoms with Gasteiger partial charge in [-0.15, -0.1) is 0 Å². The van der Waals surface area contributed by atoms with Gasteiger partial charge in [0.1, 0.15) is 24.0 Å². The summed E-state index contributed by atoms with van der Waals surface area (Å²) in [5.41, 5.74) is 5.93. The standard InChI is InChI=1S/C55H63N9O9S/c65-53(59-74(68,69)41-23-47(64(66)67)51-50(24-41)72-31-36(57-51)28-61-29-40-21-38(61)32-71-40)44-10-9-37(22-46(44)63-27-35-30-70-19-12-49(35)73-54-48(63)20-34-11-15-56-52(34)58-54)60-17-13-55(14-18-60)25-39(26-55)62-16-3-6-45(62)43-5-2-1-4-42(43)33-7-8-33/h1-2,4-5,9-11,15,20,22-24,33,35-36,38-40,45,49,57H,3,6-8,12-14,16-19,21,25-32H2,(H,56,58)(H,59,65)/t35-,36+,38-,40-,45+,49-/m1/s1. The molecule has 18 nitrogen and oxygen atoms in total. The van der Waals surface area contributed by atoms with Gasteiger partial charge in [-0.2, -0.15) is 4.98 Å². The molecule has 1 spiro atoms. The monoisotopic (exact) mass is 1030 g/mol. The number of sulfonamides is 1. The lowest BCUT2D eigenvalue weighted by molar-refractivity contribution is -0.384. The van der Waals surface area contributed by atoms with E-state index in [9.17, 15) is 23.3 Å². The Kier molecular flexibility index (Phi) is 11.4. The van der Waals surface area contributed by atoms with E-state index >= 15 is 0 Å². The van der Waals surface area contributed by atoms with Gasteiger partial charge < -0.3 is 39.0 Å². The van der Waals surface area contributed by atoms with Crippen LogP contribution in [-0.4, -0.2) is 135 Å². The molecule has 3 aromatic carbocycles. The van der Waals surface area contributed by atoms with Crippen molar-refractivity contribution < 1.29 is 37.1 Å². The number of carbonyl (C=O) groups is 1. The fourth-order valence-corrected chi connectivity index (χ4v) is 15.0. The van der Waals surface area contributed by atoms with Crippen LogP contribution < -0.4 is 29.3 Å². The van der Waals surface area contributed by atoms with E-state index in [0.717, 1.165) is 62.0 Å². The second-order valence-electron chi connectivity index (χ2n) is 22.6. The zero-order valence-corrected chi connectivity index (χ0v) is 42.3. The van der Waals surface area contributed by atoms with Crippen molar-refractivity contribution in [2.24, 2.45) is 11.3 Å². The van der Waals surface area contributed by atoms with Crippen molar-refractivity contribution in [2.75, 3.05) is 80.8 Å². The highest BCUT2D eigenvalue weighted by molar-refractivity contribution is 7.90. The molecular formula is C55H63N9O9S. The number of hydrogen-bond acceptors (Lipinski definition) is 15. The number of morpholine rings is 1. The average Bonchev–Trinajstić information content (AvgIpc) is 3.66. The Morgan fingerprint density at radius 1 is 0.919 bits per heavy atom. The summed E-state index contributed by atoms with van der Waals surface area (Å²) in [6.07, 6.45) is 13.1. The summed E-state index contributed by atoms with van der Waals surface area (Å²) in [7, 11) is -4.69. The number of ether oxygens (including phenoxy) is 4. The maximum Gasteiger partial charge on any atom is 0.297 e. The summed E-state index contributed by atoms with van der Waals surface area (Å²) in [6, 6.07) is 22.1. The van der Waals surface area contributed by atoms with Crippen molar-refractivity contribution >= 4 is 55.4 Å². The highest BCUT2D eigenvalue weighted by Crippen LogP contribution is 2.55. The number of aromatic nitrogens is 2. The number of nitrogens with zero attached hydrogens (tertiary/aromatic N) is 6. The predicted octanol–water partition coefficient (Wildman–Crippen LogP) is 7.63. The summed E-state index contributed by atoms with van der Waals surface area (Å²) in [4.78, 5) is 44.1. The number of anilines is 4. The van der Waals surface area contributed by atoms with Crippen LogP contribution in [0.4, 0.5) is 28.4 Å². The Morgan fingerprint density at radius 3 is 2.57 bits per heavy atom. The van der Waals surface area contributed by atoms with Crippen molar-refractivity contribution in [3.05, 3.63) is 99.7 Å². The molecule has 2 saturated carbocycles. The number of nitrogens with one attached hydrogen (secondary N) is 3. The summed E-state index contributed by atoms with van der Waals surface area (Å²) in [6.45, 7) is 6.49. The van der Waals surface area contributed by atoms with Gasteiger partial charge in [0.15, 0.2) is 11.4 Å². The number of carbonyl (C=O) groups excluding carboxylic acids is 1. The summed E-state index contributed by atoms with van der Waals surface area (Å²) in [5, 5.41) is 16.7. The molecule has 14 rings (SSSR count). The third kappa shape index (κ3) is 8.33. The van der Waals surface area contributed by atoms with Crippen LogP contribution in [0.3, 0.4) is 0 Å². The van der Waals surface area contributed by atoms with Crippen LogP contribution in [0.5, 0.6) is 11.6 Å². The molecule has 2 aliphatic carbocycles. The first-order valence-electron chi connectivity index (χ1n) is 26.9. The third-order valence-electron chi connectivity index (χ3n) is 18.1.